The van der Waals surface area contributed by atoms with Crippen LogP contribution in [-0.4, -0.2) is 33.5 Å². The minimum absolute atomic E-state index is 0.149. The van der Waals surface area contributed by atoms with Gasteiger partial charge in [-0.05, 0) is 35.7 Å². The molecule has 3 aromatic rings. The van der Waals surface area contributed by atoms with E-state index in [-0.39, 0.29) is 5.75 Å². The van der Waals surface area contributed by atoms with E-state index in [0.29, 0.717) is 33.9 Å². The molecule has 0 unspecified atom stereocenters. The highest BCUT2D eigenvalue weighted by atomic mass is 79.9. The van der Waals surface area contributed by atoms with E-state index in [1.165, 1.54) is 0 Å². The first kappa shape index (κ1) is 18.2. The monoisotopic (exact) mass is 418 g/mol. The van der Waals surface area contributed by atoms with Gasteiger partial charge in [-0.25, -0.2) is 0 Å². The fourth-order valence-corrected chi connectivity index (χ4v) is 3.45. The van der Waals surface area contributed by atoms with E-state index in [0.717, 1.165) is 15.4 Å². The number of aromatic hydroxyl groups is 1. The molecule has 0 amide bonds. The van der Waals surface area contributed by atoms with Crippen LogP contribution in [0.15, 0.2) is 40.9 Å². The van der Waals surface area contributed by atoms with Crippen LogP contribution in [0, 0.1) is 0 Å². The summed E-state index contributed by atoms with van der Waals surface area (Å²) in [6.45, 7) is 0. The number of fused-ring (bicyclic) bond motifs is 1. The molecule has 1 N–H and O–H groups in total. The molecule has 0 radical (unpaired) electrons. The van der Waals surface area contributed by atoms with Gasteiger partial charge in [0.15, 0.2) is 23.0 Å². The van der Waals surface area contributed by atoms with E-state index in [2.05, 4.69) is 15.9 Å². The Bertz CT molecular complexity index is 968. The summed E-state index contributed by atoms with van der Waals surface area (Å²) in [5.41, 5.74) is 1.45. The third kappa shape index (κ3) is 3.01. The van der Waals surface area contributed by atoms with Gasteiger partial charge in [-0.2, -0.15) is 0 Å². The van der Waals surface area contributed by atoms with Gasteiger partial charge in [0.25, 0.3) is 0 Å². The topological polar surface area (TPSA) is 57.2 Å². The highest BCUT2D eigenvalue weighted by Crippen LogP contribution is 2.45. The number of hydrogen-bond donors (Lipinski definition) is 1. The number of phenolic OH excluding ortho intramolecular Hbond substituents is 1. The van der Waals surface area contributed by atoms with E-state index in [9.17, 15) is 5.11 Å². The van der Waals surface area contributed by atoms with Crippen molar-refractivity contribution >= 4 is 26.7 Å². The summed E-state index contributed by atoms with van der Waals surface area (Å²) in [6, 6.07) is 11.0. The van der Waals surface area contributed by atoms with Crippen molar-refractivity contribution in [2.45, 2.75) is 0 Å². The molecule has 0 aliphatic heterocycles. The number of benzene rings is 3. The lowest BCUT2D eigenvalue weighted by atomic mass is 9.98. The molecule has 0 saturated heterocycles. The van der Waals surface area contributed by atoms with Gasteiger partial charge in [0.1, 0.15) is 5.75 Å². The van der Waals surface area contributed by atoms with Crippen LogP contribution in [-0.2, 0) is 0 Å². The maximum atomic E-state index is 10.9. The lowest BCUT2D eigenvalue weighted by Gasteiger charge is -2.15. The van der Waals surface area contributed by atoms with Crippen molar-refractivity contribution in [1.82, 2.24) is 0 Å². The molecule has 6 heteroatoms. The summed E-state index contributed by atoms with van der Waals surface area (Å²) in [5.74, 6) is 2.50. The minimum Gasteiger partial charge on any atom is -0.507 e. The molecule has 0 atom stereocenters. The first-order chi connectivity index (χ1) is 12.5. The number of ether oxygens (including phenoxy) is 4. The average Bonchev–Trinajstić information content (AvgIpc) is 2.67. The largest absolute Gasteiger partial charge is 0.507 e. The molecule has 0 aliphatic carbocycles. The second-order valence-electron chi connectivity index (χ2n) is 5.58. The molecule has 3 rings (SSSR count). The normalized spacial score (nSPS) is 10.7. The number of rotatable bonds is 5. The lowest BCUT2D eigenvalue weighted by Crippen LogP contribution is -1.93. The molecule has 0 bridgehead atoms. The number of halogens is 1. The number of hydrogen-bond acceptors (Lipinski definition) is 5. The maximum absolute atomic E-state index is 10.9. The van der Waals surface area contributed by atoms with Crippen molar-refractivity contribution in [1.29, 1.82) is 0 Å². The molecule has 0 aliphatic rings. The van der Waals surface area contributed by atoms with E-state index in [4.69, 9.17) is 18.9 Å². The minimum atomic E-state index is 0.149. The van der Waals surface area contributed by atoms with Gasteiger partial charge in [0.2, 0.25) is 0 Å². The molecule has 5 nitrogen and oxygen atoms in total. The van der Waals surface area contributed by atoms with E-state index in [1.54, 1.807) is 34.5 Å². The van der Waals surface area contributed by atoms with Crippen LogP contribution in [0.1, 0.15) is 0 Å². The van der Waals surface area contributed by atoms with Crippen LogP contribution >= 0.6 is 15.9 Å². The fourth-order valence-electron chi connectivity index (χ4n) is 2.91. The third-order valence-electron chi connectivity index (χ3n) is 4.26. The Morgan fingerprint density at radius 3 is 1.85 bits per heavy atom. The van der Waals surface area contributed by atoms with Crippen LogP contribution < -0.4 is 18.9 Å². The third-order valence-corrected chi connectivity index (χ3v) is 4.91. The smallest absolute Gasteiger partial charge is 0.161 e. The van der Waals surface area contributed by atoms with Crippen molar-refractivity contribution in [3.8, 4) is 39.9 Å². The summed E-state index contributed by atoms with van der Waals surface area (Å²) in [7, 11) is 6.30. The Morgan fingerprint density at radius 1 is 0.692 bits per heavy atom. The quantitative estimate of drug-likeness (QED) is 0.630. The summed E-state index contributed by atoms with van der Waals surface area (Å²) >= 11 is 3.55. The Kier molecular flexibility index (Phi) is 5.13. The number of methoxy groups -OCH3 is 4. The van der Waals surface area contributed by atoms with Crippen LogP contribution in [0.4, 0.5) is 0 Å². The van der Waals surface area contributed by atoms with Gasteiger partial charge in [-0.15, -0.1) is 0 Å². The SMILES string of the molecule is COc1cc(Br)c(-c2ccc3cc(OC)c(OC)cc3c2O)cc1OC. The molecular formula is C20H19BrO5. The summed E-state index contributed by atoms with van der Waals surface area (Å²) in [4.78, 5) is 0. The average molecular weight is 419 g/mol. The summed E-state index contributed by atoms with van der Waals surface area (Å²) < 4.78 is 22.2. The van der Waals surface area contributed by atoms with E-state index in [1.807, 2.05) is 30.3 Å². The van der Waals surface area contributed by atoms with Crippen molar-refractivity contribution < 1.29 is 24.1 Å². The molecule has 0 spiro atoms. The van der Waals surface area contributed by atoms with Crippen molar-refractivity contribution in [3.05, 3.63) is 40.9 Å². The highest BCUT2D eigenvalue weighted by molar-refractivity contribution is 9.10. The Hall–Kier alpha value is -2.60. The Balaban J connectivity index is 2.25. The standard InChI is InChI=1S/C20H19BrO5/c1-23-16-7-11-5-6-12(20(22)13(11)8-17(16)24-2)14-9-18(25-3)19(26-4)10-15(14)21/h5-10,22H,1-4H3. The number of phenols is 1. The van der Waals surface area contributed by atoms with Gasteiger partial charge in [-0.3, -0.25) is 0 Å². The highest BCUT2D eigenvalue weighted by Gasteiger charge is 2.17. The molecule has 26 heavy (non-hydrogen) atoms. The maximum Gasteiger partial charge on any atom is 0.161 e. The van der Waals surface area contributed by atoms with Crippen LogP contribution in [0.25, 0.3) is 21.9 Å². The predicted octanol–water partition coefficient (Wildman–Crippen LogP) is 5.01. The van der Waals surface area contributed by atoms with Crippen LogP contribution in [0.5, 0.6) is 28.7 Å². The first-order valence-corrected chi connectivity index (χ1v) is 8.63. The zero-order chi connectivity index (χ0) is 18.8. The van der Waals surface area contributed by atoms with Crippen molar-refractivity contribution in [3.63, 3.8) is 0 Å². The zero-order valence-electron chi connectivity index (χ0n) is 14.9. The van der Waals surface area contributed by atoms with E-state index < -0.39 is 0 Å². The second-order valence-corrected chi connectivity index (χ2v) is 6.43. The fraction of sp³-hybridized carbons (Fsp3) is 0.200. The van der Waals surface area contributed by atoms with Crippen LogP contribution in [0.2, 0.25) is 0 Å². The zero-order valence-corrected chi connectivity index (χ0v) is 16.5. The van der Waals surface area contributed by atoms with Crippen molar-refractivity contribution in [2.75, 3.05) is 28.4 Å². The van der Waals surface area contributed by atoms with E-state index >= 15 is 0 Å². The van der Waals surface area contributed by atoms with Crippen LogP contribution in [0.3, 0.4) is 0 Å². The van der Waals surface area contributed by atoms with Gasteiger partial charge in [0.05, 0.1) is 28.4 Å². The van der Waals surface area contributed by atoms with Gasteiger partial charge in [-0.1, -0.05) is 22.0 Å². The molecule has 0 aromatic heterocycles. The molecule has 0 fully saturated rings. The van der Waals surface area contributed by atoms with Gasteiger partial charge >= 0.3 is 0 Å². The van der Waals surface area contributed by atoms with Crippen molar-refractivity contribution in [2.24, 2.45) is 0 Å². The molecule has 0 saturated carbocycles. The second kappa shape index (κ2) is 7.33. The molecular weight excluding hydrogens is 400 g/mol. The molecule has 0 heterocycles. The molecule has 3 aromatic carbocycles. The summed E-state index contributed by atoms with van der Waals surface area (Å²) in [5, 5.41) is 12.4. The predicted molar refractivity (Wildman–Crippen MR) is 105 cm³/mol. The van der Waals surface area contributed by atoms with Gasteiger partial charge < -0.3 is 24.1 Å². The summed E-state index contributed by atoms with van der Waals surface area (Å²) in [6.07, 6.45) is 0. The Morgan fingerprint density at radius 2 is 1.23 bits per heavy atom. The lowest BCUT2D eigenvalue weighted by molar-refractivity contribution is 0.355. The molecule has 136 valence electrons. The van der Waals surface area contributed by atoms with Gasteiger partial charge in [0, 0.05) is 21.0 Å². The first-order valence-electron chi connectivity index (χ1n) is 7.83. The Labute approximate surface area is 160 Å².